The van der Waals surface area contributed by atoms with E-state index in [1.165, 1.54) is 24.3 Å². The molecule has 1 saturated carbocycles. The normalized spacial score (nSPS) is 47.9. The van der Waals surface area contributed by atoms with Crippen molar-refractivity contribution in [3.63, 3.8) is 0 Å². The van der Waals surface area contributed by atoms with E-state index in [9.17, 15) is 24.6 Å². The molecule has 0 unspecified atom stereocenters. The zero-order valence-corrected chi connectivity index (χ0v) is 21.3. The van der Waals surface area contributed by atoms with Gasteiger partial charge in [-0.15, -0.1) is 0 Å². The van der Waals surface area contributed by atoms with Crippen LogP contribution in [0, 0.1) is 16.7 Å². The van der Waals surface area contributed by atoms with Crippen LogP contribution in [-0.2, 0) is 38.1 Å². The van der Waals surface area contributed by atoms with Crippen molar-refractivity contribution in [1.29, 1.82) is 0 Å². The topological polar surface area (TPSA) is 141 Å². The zero-order valence-electron chi connectivity index (χ0n) is 21.3. The number of aliphatic hydroxyl groups excluding tert-OH is 2. The number of hydrogen-bond donors (Lipinski definition) is 2. The van der Waals surface area contributed by atoms with Gasteiger partial charge in [0.1, 0.15) is 18.3 Å². The van der Waals surface area contributed by atoms with Crippen molar-refractivity contribution in [3.8, 4) is 0 Å². The van der Waals surface area contributed by atoms with Gasteiger partial charge in [0.15, 0.2) is 6.10 Å². The Kier molecular flexibility index (Phi) is 6.59. The van der Waals surface area contributed by atoms with Gasteiger partial charge in [-0.2, -0.15) is 0 Å². The lowest BCUT2D eigenvalue weighted by molar-refractivity contribution is -0.240. The molecule has 2 bridgehead atoms. The van der Waals surface area contributed by atoms with Crippen LogP contribution < -0.4 is 0 Å². The number of esters is 3. The van der Waals surface area contributed by atoms with Crippen LogP contribution in [0.2, 0.25) is 0 Å². The average Bonchev–Trinajstić information content (AvgIpc) is 3.63. The van der Waals surface area contributed by atoms with Gasteiger partial charge >= 0.3 is 17.9 Å². The van der Waals surface area contributed by atoms with E-state index in [1.54, 1.807) is 6.92 Å². The molecule has 3 aliphatic heterocycles. The summed E-state index contributed by atoms with van der Waals surface area (Å²) in [7, 11) is 0. The number of allylic oxidation sites excluding steroid dienone is 2. The largest absolute Gasteiger partial charge is 0.463 e. The first-order valence-electron chi connectivity index (χ1n) is 12.8. The Bertz CT molecular complexity index is 1060. The Morgan fingerprint density at radius 2 is 1.70 bits per heavy atom. The lowest BCUT2D eigenvalue weighted by Gasteiger charge is -2.58. The van der Waals surface area contributed by atoms with E-state index in [0.717, 1.165) is 5.57 Å². The van der Waals surface area contributed by atoms with Crippen LogP contribution in [0.15, 0.2) is 36.0 Å². The van der Waals surface area contributed by atoms with Crippen molar-refractivity contribution in [2.24, 2.45) is 16.7 Å². The van der Waals surface area contributed by atoms with Gasteiger partial charge in [0, 0.05) is 24.0 Å². The van der Waals surface area contributed by atoms with Crippen LogP contribution in [0.3, 0.4) is 0 Å². The number of carbonyl (C=O) groups excluding carboxylic acids is 3. The highest BCUT2D eigenvalue weighted by atomic mass is 16.6. The van der Waals surface area contributed by atoms with E-state index in [-0.39, 0.29) is 32.2 Å². The van der Waals surface area contributed by atoms with Crippen molar-refractivity contribution in [2.75, 3.05) is 19.8 Å². The third-order valence-corrected chi connectivity index (χ3v) is 9.22. The van der Waals surface area contributed by atoms with E-state index >= 15 is 0 Å². The van der Waals surface area contributed by atoms with E-state index < -0.39 is 64.7 Å². The molecule has 0 aromatic rings. The van der Waals surface area contributed by atoms with Crippen molar-refractivity contribution >= 4 is 17.9 Å². The zero-order chi connectivity index (χ0) is 26.6. The summed E-state index contributed by atoms with van der Waals surface area (Å²) in [5, 5.41) is 21.6. The molecule has 10 nitrogen and oxygen atoms in total. The summed E-state index contributed by atoms with van der Waals surface area (Å²) in [6.07, 6.45) is 4.09. The van der Waals surface area contributed by atoms with Crippen LogP contribution in [0.4, 0.5) is 0 Å². The molecule has 3 heterocycles. The monoisotopic (exact) mass is 518 g/mol. The van der Waals surface area contributed by atoms with Gasteiger partial charge in [-0.25, -0.2) is 14.4 Å². The smallest absolute Gasteiger partial charge is 0.335 e. The van der Waals surface area contributed by atoms with Crippen molar-refractivity contribution in [1.82, 2.24) is 0 Å². The molecule has 0 aromatic carbocycles. The van der Waals surface area contributed by atoms with Gasteiger partial charge in [0.25, 0.3) is 0 Å². The Hall–Kier alpha value is -2.53. The third-order valence-electron chi connectivity index (χ3n) is 9.22. The Morgan fingerprint density at radius 1 is 1.00 bits per heavy atom. The van der Waals surface area contributed by atoms with Gasteiger partial charge in [-0.1, -0.05) is 32.1 Å². The van der Waals surface area contributed by atoms with E-state index in [0.29, 0.717) is 13.0 Å². The summed E-state index contributed by atoms with van der Waals surface area (Å²) in [4.78, 5) is 37.6. The number of aliphatic hydroxyl groups is 2. The molecule has 0 radical (unpaired) electrons. The van der Waals surface area contributed by atoms with E-state index in [4.69, 9.17) is 23.7 Å². The quantitative estimate of drug-likeness (QED) is 0.208. The van der Waals surface area contributed by atoms with Gasteiger partial charge in [0.2, 0.25) is 0 Å². The molecule has 37 heavy (non-hydrogen) atoms. The van der Waals surface area contributed by atoms with Crippen LogP contribution in [0.5, 0.6) is 0 Å². The molecule has 2 spiro atoms. The number of cyclic esters (lactones) is 2. The Morgan fingerprint density at radius 3 is 2.41 bits per heavy atom. The molecule has 10 heteroatoms. The summed E-state index contributed by atoms with van der Waals surface area (Å²) in [5.41, 5.74) is -1.84. The maximum atomic E-state index is 13.0. The molecular weight excluding hydrogens is 484 g/mol. The first kappa shape index (κ1) is 26.1. The molecule has 0 aromatic heterocycles. The number of ether oxygens (including phenoxy) is 5. The second kappa shape index (κ2) is 9.34. The first-order chi connectivity index (χ1) is 17.5. The average molecular weight is 519 g/mol. The lowest BCUT2D eigenvalue weighted by Crippen LogP contribution is -2.68. The maximum Gasteiger partial charge on any atom is 0.335 e. The minimum absolute atomic E-state index is 0.00243. The molecule has 9 atom stereocenters. The molecule has 5 rings (SSSR count). The maximum absolute atomic E-state index is 13.0. The van der Waals surface area contributed by atoms with Crippen molar-refractivity contribution in [2.45, 2.75) is 76.2 Å². The molecule has 3 fully saturated rings. The second-order valence-electron chi connectivity index (χ2n) is 11.1. The first-order valence-corrected chi connectivity index (χ1v) is 12.8. The van der Waals surface area contributed by atoms with Crippen molar-refractivity contribution in [3.05, 3.63) is 36.0 Å². The predicted octanol–water partition coefficient (Wildman–Crippen LogP) is 1.14. The minimum atomic E-state index is -1.44. The lowest BCUT2D eigenvalue weighted by atomic mass is 9.51. The number of rotatable bonds is 0. The number of carbonyl (C=O) groups is 3. The second-order valence-corrected chi connectivity index (χ2v) is 11.1. The van der Waals surface area contributed by atoms with E-state index in [2.05, 4.69) is 0 Å². The van der Waals surface area contributed by atoms with Crippen LogP contribution in [-0.4, -0.2) is 84.1 Å². The van der Waals surface area contributed by atoms with E-state index in [1.807, 2.05) is 19.9 Å². The molecular formula is C27H34O10. The van der Waals surface area contributed by atoms with Gasteiger partial charge in [-0.05, 0) is 31.3 Å². The van der Waals surface area contributed by atoms with Gasteiger partial charge in [0.05, 0.1) is 36.9 Å². The predicted molar refractivity (Wildman–Crippen MR) is 127 cm³/mol. The molecule has 2 aliphatic carbocycles. The minimum Gasteiger partial charge on any atom is -0.463 e. The third kappa shape index (κ3) is 4.05. The van der Waals surface area contributed by atoms with Crippen LogP contribution >= 0.6 is 0 Å². The molecule has 202 valence electrons. The summed E-state index contributed by atoms with van der Waals surface area (Å²) in [5.74, 6) is -2.57. The Labute approximate surface area is 215 Å². The summed E-state index contributed by atoms with van der Waals surface area (Å²) >= 11 is 0. The summed E-state index contributed by atoms with van der Waals surface area (Å²) < 4.78 is 29.3. The molecule has 2 N–H and O–H groups in total. The van der Waals surface area contributed by atoms with Crippen LogP contribution in [0.1, 0.15) is 40.0 Å². The number of epoxide rings is 1. The molecule has 2 saturated heterocycles. The van der Waals surface area contributed by atoms with Crippen molar-refractivity contribution < 1.29 is 48.3 Å². The Balaban J connectivity index is 1.54. The fourth-order valence-corrected chi connectivity index (χ4v) is 6.66. The van der Waals surface area contributed by atoms with Gasteiger partial charge in [-0.3, -0.25) is 0 Å². The summed E-state index contributed by atoms with van der Waals surface area (Å²) in [6.45, 7) is 5.67. The molecule has 5 aliphatic rings. The summed E-state index contributed by atoms with van der Waals surface area (Å²) in [6, 6.07) is 0. The van der Waals surface area contributed by atoms with Gasteiger partial charge < -0.3 is 33.9 Å². The fourth-order valence-electron chi connectivity index (χ4n) is 6.66. The SMILES string of the molecule is CC1=C[C@@H]2O[C@@H]3C[C@H]4OC(=O)/C=C\C=C\C(=O)OCC[C@@H](C)[C@@H](O)C(=O)OC[C@]2(C[C@@H]1O)[C@@]4(C)[C@@]31CO1. The number of hydrogen-bond acceptors (Lipinski definition) is 10. The highest BCUT2D eigenvalue weighted by Gasteiger charge is 2.83. The fraction of sp³-hybridized carbons (Fsp3) is 0.667. The van der Waals surface area contributed by atoms with Crippen LogP contribution in [0.25, 0.3) is 0 Å². The standard InChI is InChI=1S/C27H34O10/c1-15-8-9-33-21(29)6-4-5-7-22(30)37-18-11-20-27(14-35-27)25(18,3)26(13-34-24(32)23(15)31)12-17(28)16(2)10-19(26)36-20/h4-7,10,15,17-20,23,28,31H,8-9,11-14H2,1-3H3/b6-4+,7-5-/t15-,17+,18-,19+,20-,23-,25+,26+,27-/m1/s1. The highest BCUT2D eigenvalue weighted by Crippen LogP contribution is 2.72. The molecule has 0 amide bonds. The highest BCUT2D eigenvalue weighted by molar-refractivity contribution is 5.84.